The van der Waals surface area contributed by atoms with Crippen LogP contribution < -0.4 is 5.32 Å². The van der Waals surface area contributed by atoms with Crippen molar-refractivity contribution in [3.63, 3.8) is 0 Å². The second kappa shape index (κ2) is 7.76. The highest BCUT2D eigenvalue weighted by Gasteiger charge is 2.23. The predicted molar refractivity (Wildman–Crippen MR) is 83.2 cm³/mol. The number of hydrogen-bond donors (Lipinski definition) is 1. The third-order valence-corrected chi connectivity index (χ3v) is 4.15. The molecule has 0 aliphatic carbocycles. The molecule has 21 heavy (non-hydrogen) atoms. The molecule has 1 heterocycles. The van der Waals surface area contributed by atoms with E-state index in [9.17, 15) is 9.18 Å². The second-order valence-corrected chi connectivity index (χ2v) is 5.93. The summed E-state index contributed by atoms with van der Waals surface area (Å²) in [6.07, 6.45) is 4.22. The summed E-state index contributed by atoms with van der Waals surface area (Å²) in [5.41, 5.74) is 0.382. The van der Waals surface area contributed by atoms with Gasteiger partial charge in [0.05, 0.1) is 10.6 Å². The van der Waals surface area contributed by atoms with E-state index in [0.717, 1.165) is 32.2 Å². The lowest BCUT2D eigenvalue weighted by atomic mass is 10.1. The van der Waals surface area contributed by atoms with Gasteiger partial charge in [0.2, 0.25) is 0 Å². The third-order valence-electron chi connectivity index (χ3n) is 3.83. The van der Waals surface area contributed by atoms with Crippen molar-refractivity contribution in [2.24, 2.45) is 0 Å². The van der Waals surface area contributed by atoms with Crippen molar-refractivity contribution in [2.45, 2.75) is 38.6 Å². The molecule has 116 valence electrons. The monoisotopic (exact) mass is 312 g/mol. The SMILES string of the molecule is CCCCN(CC1CCCN1)C(=O)c1ccc(F)cc1Cl. The number of benzene rings is 1. The zero-order valence-electron chi connectivity index (χ0n) is 12.4. The first-order valence-corrected chi connectivity index (χ1v) is 7.97. The molecule has 5 heteroatoms. The van der Waals surface area contributed by atoms with Crippen LogP contribution in [0.1, 0.15) is 43.0 Å². The van der Waals surface area contributed by atoms with Crippen LogP contribution in [0, 0.1) is 5.82 Å². The van der Waals surface area contributed by atoms with Crippen molar-refractivity contribution in [3.05, 3.63) is 34.6 Å². The fourth-order valence-corrected chi connectivity index (χ4v) is 2.88. The summed E-state index contributed by atoms with van der Waals surface area (Å²) >= 11 is 6.02. The molecule has 0 saturated carbocycles. The normalized spacial score (nSPS) is 18.0. The molecule has 1 N–H and O–H groups in total. The van der Waals surface area contributed by atoms with Crippen molar-refractivity contribution in [2.75, 3.05) is 19.6 Å². The van der Waals surface area contributed by atoms with Gasteiger partial charge in [-0.2, -0.15) is 0 Å². The number of nitrogens with one attached hydrogen (secondary N) is 1. The first-order valence-electron chi connectivity index (χ1n) is 7.59. The van der Waals surface area contributed by atoms with Crippen LogP contribution >= 0.6 is 11.6 Å². The molecule has 0 bridgehead atoms. The van der Waals surface area contributed by atoms with Gasteiger partial charge in [0.15, 0.2) is 0 Å². The van der Waals surface area contributed by atoms with Crippen LogP contribution in [-0.4, -0.2) is 36.5 Å². The Labute approximate surface area is 130 Å². The Balaban J connectivity index is 2.11. The number of unbranched alkanes of at least 4 members (excludes halogenated alkanes) is 1. The number of hydrogen-bond acceptors (Lipinski definition) is 2. The molecule has 1 aromatic rings. The molecule has 1 unspecified atom stereocenters. The van der Waals surface area contributed by atoms with E-state index in [1.165, 1.54) is 18.2 Å². The Bertz CT molecular complexity index is 489. The number of rotatable bonds is 6. The highest BCUT2D eigenvalue weighted by Crippen LogP contribution is 2.20. The smallest absolute Gasteiger partial charge is 0.255 e. The first kappa shape index (κ1) is 16.2. The molecular weight excluding hydrogens is 291 g/mol. The van der Waals surface area contributed by atoms with E-state index in [2.05, 4.69) is 12.2 Å². The molecule has 1 saturated heterocycles. The number of nitrogens with zero attached hydrogens (tertiary/aromatic N) is 1. The summed E-state index contributed by atoms with van der Waals surface area (Å²) in [4.78, 5) is 14.5. The van der Waals surface area contributed by atoms with Crippen LogP contribution in [0.25, 0.3) is 0 Å². The van der Waals surface area contributed by atoms with Crippen LogP contribution in [0.4, 0.5) is 4.39 Å². The van der Waals surface area contributed by atoms with E-state index in [4.69, 9.17) is 11.6 Å². The molecule has 0 spiro atoms. The Kier molecular flexibility index (Phi) is 6.00. The molecule has 1 aliphatic heterocycles. The molecule has 1 aromatic carbocycles. The highest BCUT2D eigenvalue weighted by atomic mass is 35.5. The van der Waals surface area contributed by atoms with Gasteiger partial charge in [-0.1, -0.05) is 24.9 Å². The van der Waals surface area contributed by atoms with Crippen molar-refractivity contribution in [3.8, 4) is 0 Å². The second-order valence-electron chi connectivity index (χ2n) is 5.52. The molecule has 1 fully saturated rings. The van der Waals surface area contributed by atoms with E-state index >= 15 is 0 Å². The van der Waals surface area contributed by atoms with Gasteiger partial charge in [-0.15, -0.1) is 0 Å². The topological polar surface area (TPSA) is 32.3 Å². The zero-order chi connectivity index (χ0) is 15.2. The Morgan fingerprint density at radius 3 is 2.95 bits per heavy atom. The fraction of sp³-hybridized carbons (Fsp3) is 0.562. The summed E-state index contributed by atoms with van der Waals surface area (Å²) in [7, 11) is 0. The predicted octanol–water partition coefficient (Wildman–Crippen LogP) is 3.47. The summed E-state index contributed by atoms with van der Waals surface area (Å²) in [5.74, 6) is -0.531. The van der Waals surface area contributed by atoms with E-state index in [1.54, 1.807) is 0 Å². The van der Waals surface area contributed by atoms with Crippen molar-refractivity contribution >= 4 is 17.5 Å². The van der Waals surface area contributed by atoms with E-state index in [0.29, 0.717) is 24.7 Å². The number of carbonyl (C=O) groups is 1. The van der Waals surface area contributed by atoms with Crippen LogP contribution in [0.5, 0.6) is 0 Å². The van der Waals surface area contributed by atoms with Gasteiger partial charge < -0.3 is 10.2 Å². The molecule has 1 amide bonds. The van der Waals surface area contributed by atoms with Gasteiger partial charge >= 0.3 is 0 Å². The van der Waals surface area contributed by atoms with Crippen molar-refractivity contribution in [1.82, 2.24) is 10.2 Å². The minimum Gasteiger partial charge on any atom is -0.337 e. The molecule has 0 aromatic heterocycles. The molecule has 3 nitrogen and oxygen atoms in total. The van der Waals surface area contributed by atoms with Gasteiger partial charge in [-0.25, -0.2) is 4.39 Å². The van der Waals surface area contributed by atoms with Crippen LogP contribution in [-0.2, 0) is 0 Å². The summed E-state index contributed by atoms with van der Waals surface area (Å²) in [6.45, 7) is 4.51. The summed E-state index contributed by atoms with van der Waals surface area (Å²) < 4.78 is 13.1. The maximum atomic E-state index is 13.1. The quantitative estimate of drug-likeness (QED) is 0.872. The first-order chi connectivity index (χ1) is 10.1. The number of carbonyl (C=O) groups excluding carboxylic acids is 1. The van der Waals surface area contributed by atoms with E-state index in [-0.39, 0.29) is 10.9 Å². The largest absolute Gasteiger partial charge is 0.337 e. The third kappa shape index (κ3) is 4.42. The molecule has 2 rings (SSSR count). The van der Waals surface area contributed by atoms with Gasteiger partial charge in [-0.3, -0.25) is 4.79 Å². The van der Waals surface area contributed by atoms with Crippen LogP contribution in [0.2, 0.25) is 5.02 Å². The van der Waals surface area contributed by atoms with Gasteiger partial charge in [-0.05, 0) is 44.0 Å². The fourth-order valence-electron chi connectivity index (χ4n) is 2.64. The maximum absolute atomic E-state index is 13.1. The standard InChI is InChI=1S/C16H22ClFN2O/c1-2-3-9-20(11-13-5-4-8-19-13)16(21)14-7-6-12(18)10-15(14)17/h6-7,10,13,19H,2-5,8-9,11H2,1H3. The summed E-state index contributed by atoms with van der Waals surface area (Å²) in [5, 5.41) is 3.59. The van der Waals surface area contributed by atoms with Gasteiger partial charge in [0.25, 0.3) is 5.91 Å². The Morgan fingerprint density at radius 2 is 2.33 bits per heavy atom. The van der Waals surface area contributed by atoms with Crippen LogP contribution in [0.15, 0.2) is 18.2 Å². The molecule has 1 aliphatic rings. The van der Waals surface area contributed by atoms with Crippen molar-refractivity contribution in [1.29, 1.82) is 0 Å². The lowest BCUT2D eigenvalue weighted by Crippen LogP contribution is -2.41. The van der Waals surface area contributed by atoms with E-state index in [1.807, 2.05) is 4.90 Å². The van der Waals surface area contributed by atoms with Gasteiger partial charge in [0.1, 0.15) is 5.82 Å². The Morgan fingerprint density at radius 1 is 1.52 bits per heavy atom. The van der Waals surface area contributed by atoms with Crippen LogP contribution in [0.3, 0.4) is 0 Å². The minimum atomic E-state index is -0.422. The average Bonchev–Trinajstić information content (AvgIpc) is 2.95. The molecule has 1 atom stereocenters. The maximum Gasteiger partial charge on any atom is 0.255 e. The number of amides is 1. The number of halogens is 2. The lowest BCUT2D eigenvalue weighted by molar-refractivity contribution is 0.0739. The lowest BCUT2D eigenvalue weighted by Gasteiger charge is -2.26. The average molecular weight is 313 g/mol. The summed E-state index contributed by atoms with van der Waals surface area (Å²) in [6, 6.07) is 4.30. The Hall–Kier alpha value is -1.13. The molecular formula is C16H22ClFN2O. The molecule has 0 radical (unpaired) electrons. The minimum absolute atomic E-state index is 0.109. The van der Waals surface area contributed by atoms with E-state index < -0.39 is 5.82 Å². The zero-order valence-corrected chi connectivity index (χ0v) is 13.1. The highest BCUT2D eigenvalue weighted by molar-refractivity contribution is 6.33. The van der Waals surface area contributed by atoms with Crippen molar-refractivity contribution < 1.29 is 9.18 Å². The van der Waals surface area contributed by atoms with Gasteiger partial charge in [0, 0.05) is 19.1 Å².